The summed E-state index contributed by atoms with van der Waals surface area (Å²) in [7, 11) is 0. The second-order valence-electron chi connectivity index (χ2n) is 2.30. The molecule has 0 fully saturated rings. The summed E-state index contributed by atoms with van der Waals surface area (Å²) in [6, 6.07) is 3.70. The van der Waals surface area contributed by atoms with Crippen molar-refractivity contribution < 1.29 is 5.11 Å². The molecule has 1 aromatic rings. The van der Waals surface area contributed by atoms with Crippen LogP contribution >= 0.6 is 11.6 Å². The Morgan fingerprint density at radius 3 is 3.08 bits per heavy atom. The molecule has 3 heteroatoms. The predicted molar refractivity (Wildman–Crippen MR) is 50.0 cm³/mol. The Bertz CT molecular complexity index is 273. The minimum Gasteiger partial charge on any atom is -0.396 e. The standard InChI is InChI=1S/C9H10ClNO/c10-9-8(4-1-2-7-12)5-3-6-11-9/h1,3-6,12H,2,7H2. The molecule has 1 N–H and O–H groups in total. The molecule has 0 amide bonds. The summed E-state index contributed by atoms with van der Waals surface area (Å²) >= 11 is 5.78. The third-order valence-corrected chi connectivity index (χ3v) is 1.70. The lowest BCUT2D eigenvalue weighted by Crippen LogP contribution is -1.79. The van der Waals surface area contributed by atoms with Crippen molar-refractivity contribution >= 4 is 17.7 Å². The zero-order chi connectivity index (χ0) is 8.81. The van der Waals surface area contributed by atoms with Crippen molar-refractivity contribution in [2.24, 2.45) is 0 Å². The predicted octanol–water partition coefficient (Wildman–Crippen LogP) is 2.13. The molecule has 12 heavy (non-hydrogen) atoms. The van der Waals surface area contributed by atoms with Gasteiger partial charge >= 0.3 is 0 Å². The van der Waals surface area contributed by atoms with Gasteiger partial charge in [0.15, 0.2) is 0 Å². The van der Waals surface area contributed by atoms with Crippen LogP contribution in [0.1, 0.15) is 12.0 Å². The fraction of sp³-hybridized carbons (Fsp3) is 0.222. The normalized spacial score (nSPS) is 10.8. The zero-order valence-corrected chi connectivity index (χ0v) is 7.33. The van der Waals surface area contributed by atoms with E-state index in [1.54, 1.807) is 6.20 Å². The number of hydrogen-bond acceptors (Lipinski definition) is 2. The number of halogens is 1. The van der Waals surface area contributed by atoms with Gasteiger partial charge in [-0.3, -0.25) is 0 Å². The van der Waals surface area contributed by atoms with Gasteiger partial charge < -0.3 is 5.11 Å². The number of rotatable bonds is 3. The summed E-state index contributed by atoms with van der Waals surface area (Å²) < 4.78 is 0. The van der Waals surface area contributed by atoms with Crippen LogP contribution in [0.15, 0.2) is 24.4 Å². The molecule has 1 heterocycles. The molecule has 0 spiro atoms. The molecule has 64 valence electrons. The number of aliphatic hydroxyl groups excluding tert-OH is 1. The maximum Gasteiger partial charge on any atom is 0.136 e. The van der Waals surface area contributed by atoms with Gasteiger partial charge in [0, 0.05) is 18.4 Å². The Balaban J connectivity index is 2.68. The zero-order valence-electron chi connectivity index (χ0n) is 6.57. The highest BCUT2D eigenvalue weighted by Gasteiger charge is 1.93. The summed E-state index contributed by atoms with van der Waals surface area (Å²) in [5.74, 6) is 0. The van der Waals surface area contributed by atoms with Gasteiger partial charge in [-0.1, -0.05) is 29.8 Å². The Morgan fingerprint density at radius 1 is 1.58 bits per heavy atom. The van der Waals surface area contributed by atoms with Gasteiger partial charge in [-0.2, -0.15) is 0 Å². The maximum absolute atomic E-state index is 8.51. The van der Waals surface area contributed by atoms with Crippen LogP contribution in [0.4, 0.5) is 0 Å². The van der Waals surface area contributed by atoms with Gasteiger partial charge in [-0.05, 0) is 12.5 Å². The van der Waals surface area contributed by atoms with Gasteiger partial charge in [0.1, 0.15) is 5.15 Å². The van der Waals surface area contributed by atoms with Gasteiger partial charge in [0.25, 0.3) is 0 Å². The lowest BCUT2D eigenvalue weighted by Gasteiger charge is -1.94. The van der Waals surface area contributed by atoms with E-state index < -0.39 is 0 Å². The van der Waals surface area contributed by atoms with E-state index in [0.717, 1.165) is 5.56 Å². The van der Waals surface area contributed by atoms with Crippen molar-refractivity contribution in [3.8, 4) is 0 Å². The summed E-state index contributed by atoms with van der Waals surface area (Å²) in [6.07, 6.45) is 6.01. The fourth-order valence-corrected chi connectivity index (χ4v) is 0.990. The SMILES string of the molecule is OCCC=Cc1cccnc1Cl. The van der Waals surface area contributed by atoms with Crippen LogP contribution in [-0.4, -0.2) is 16.7 Å². The first-order chi connectivity index (χ1) is 5.84. The van der Waals surface area contributed by atoms with Gasteiger partial charge in [-0.25, -0.2) is 4.98 Å². The molecule has 0 aromatic carbocycles. The second-order valence-corrected chi connectivity index (χ2v) is 2.66. The third kappa shape index (κ3) is 2.64. The maximum atomic E-state index is 8.51. The van der Waals surface area contributed by atoms with Crippen molar-refractivity contribution in [3.63, 3.8) is 0 Å². The number of aliphatic hydroxyl groups is 1. The van der Waals surface area contributed by atoms with Crippen LogP contribution in [0.25, 0.3) is 6.08 Å². The molecule has 0 aliphatic carbocycles. The van der Waals surface area contributed by atoms with Crippen molar-refractivity contribution in [1.82, 2.24) is 4.98 Å². The minimum absolute atomic E-state index is 0.161. The molecule has 0 unspecified atom stereocenters. The van der Waals surface area contributed by atoms with Crippen LogP contribution in [0.3, 0.4) is 0 Å². The van der Waals surface area contributed by atoms with Crippen LogP contribution in [0.5, 0.6) is 0 Å². The molecule has 1 rings (SSSR count). The lowest BCUT2D eigenvalue weighted by molar-refractivity contribution is 0.303. The van der Waals surface area contributed by atoms with E-state index in [-0.39, 0.29) is 6.61 Å². The van der Waals surface area contributed by atoms with Gasteiger partial charge in [0.2, 0.25) is 0 Å². The molecular weight excluding hydrogens is 174 g/mol. The molecule has 0 radical (unpaired) electrons. The van der Waals surface area contributed by atoms with E-state index in [1.807, 2.05) is 24.3 Å². The molecule has 0 bridgehead atoms. The first-order valence-corrected chi connectivity index (χ1v) is 4.10. The third-order valence-electron chi connectivity index (χ3n) is 1.38. The molecule has 0 saturated heterocycles. The van der Waals surface area contributed by atoms with E-state index in [1.165, 1.54) is 0 Å². The molecule has 1 aromatic heterocycles. The second kappa shape index (κ2) is 4.91. The van der Waals surface area contributed by atoms with E-state index >= 15 is 0 Å². The van der Waals surface area contributed by atoms with E-state index in [0.29, 0.717) is 11.6 Å². The quantitative estimate of drug-likeness (QED) is 0.729. The van der Waals surface area contributed by atoms with E-state index in [4.69, 9.17) is 16.7 Å². The Morgan fingerprint density at radius 2 is 2.42 bits per heavy atom. The molecule has 2 nitrogen and oxygen atoms in total. The topological polar surface area (TPSA) is 33.1 Å². The van der Waals surface area contributed by atoms with E-state index in [9.17, 15) is 0 Å². The summed E-state index contributed by atoms with van der Waals surface area (Å²) in [5, 5.41) is 9.01. The smallest absolute Gasteiger partial charge is 0.136 e. The molecule has 0 atom stereocenters. The average Bonchev–Trinajstić information content (AvgIpc) is 2.09. The average molecular weight is 184 g/mol. The monoisotopic (exact) mass is 183 g/mol. The van der Waals surface area contributed by atoms with Crippen molar-refractivity contribution in [2.75, 3.05) is 6.61 Å². The Kier molecular flexibility index (Phi) is 3.77. The van der Waals surface area contributed by atoms with Crippen LogP contribution in [-0.2, 0) is 0 Å². The Hall–Kier alpha value is -0.860. The van der Waals surface area contributed by atoms with Gasteiger partial charge in [0.05, 0.1) is 0 Å². The molecule has 0 aliphatic heterocycles. The lowest BCUT2D eigenvalue weighted by atomic mass is 10.2. The van der Waals surface area contributed by atoms with Crippen molar-refractivity contribution in [1.29, 1.82) is 0 Å². The minimum atomic E-state index is 0.161. The van der Waals surface area contributed by atoms with Crippen LogP contribution in [0.2, 0.25) is 5.15 Å². The summed E-state index contributed by atoms with van der Waals surface area (Å²) in [4.78, 5) is 3.91. The number of hydrogen-bond donors (Lipinski definition) is 1. The Labute approximate surface area is 76.5 Å². The highest BCUT2D eigenvalue weighted by molar-refractivity contribution is 6.30. The number of aromatic nitrogens is 1. The highest BCUT2D eigenvalue weighted by Crippen LogP contribution is 2.12. The first kappa shape index (κ1) is 9.23. The van der Waals surface area contributed by atoms with Gasteiger partial charge in [-0.15, -0.1) is 0 Å². The number of pyridine rings is 1. The van der Waals surface area contributed by atoms with Crippen molar-refractivity contribution in [2.45, 2.75) is 6.42 Å². The number of nitrogens with zero attached hydrogens (tertiary/aromatic N) is 1. The summed E-state index contributed by atoms with van der Waals surface area (Å²) in [6.45, 7) is 0.161. The van der Waals surface area contributed by atoms with Crippen LogP contribution < -0.4 is 0 Å². The largest absolute Gasteiger partial charge is 0.396 e. The van der Waals surface area contributed by atoms with E-state index in [2.05, 4.69) is 4.98 Å². The molecule has 0 saturated carbocycles. The molecule has 0 aliphatic rings. The highest BCUT2D eigenvalue weighted by atomic mass is 35.5. The van der Waals surface area contributed by atoms with Crippen molar-refractivity contribution in [3.05, 3.63) is 35.1 Å². The fourth-order valence-electron chi connectivity index (χ4n) is 0.808. The molecular formula is C9H10ClNO. The summed E-state index contributed by atoms with van der Waals surface area (Å²) in [5.41, 5.74) is 0.882. The first-order valence-electron chi connectivity index (χ1n) is 3.72. The van der Waals surface area contributed by atoms with Crippen LogP contribution in [0, 0.1) is 0 Å².